The summed E-state index contributed by atoms with van der Waals surface area (Å²) in [4.78, 5) is 30.5. The third-order valence-electron chi connectivity index (χ3n) is 2.67. The molecule has 0 unspecified atom stereocenters. The van der Waals surface area contributed by atoms with E-state index in [1.807, 2.05) is 0 Å². The molecule has 17 heavy (non-hydrogen) atoms. The van der Waals surface area contributed by atoms with Gasteiger partial charge in [-0.25, -0.2) is 4.98 Å². The molecule has 92 valence electrons. The van der Waals surface area contributed by atoms with Gasteiger partial charge < -0.3 is 15.0 Å². The fraction of sp³-hybridized carbons (Fsp3) is 0.545. The Bertz CT molecular complexity index is 479. The third kappa shape index (κ3) is 3.30. The highest BCUT2D eigenvalue weighted by atomic mass is 16.4. The van der Waals surface area contributed by atoms with Gasteiger partial charge in [-0.2, -0.15) is 0 Å². The van der Waals surface area contributed by atoms with Crippen molar-refractivity contribution in [3.05, 3.63) is 22.2 Å². The van der Waals surface area contributed by atoms with E-state index in [1.54, 1.807) is 11.8 Å². The predicted molar refractivity (Wildman–Crippen MR) is 62.2 cm³/mol. The van der Waals surface area contributed by atoms with Crippen molar-refractivity contribution in [2.24, 2.45) is 5.92 Å². The minimum absolute atomic E-state index is 0.119. The number of anilines is 1. The minimum atomic E-state index is -0.912. The number of aromatic amines is 1. The molecular weight excluding hydrogens is 222 g/mol. The maximum atomic E-state index is 11.3. The molecule has 2 N–H and O–H groups in total. The summed E-state index contributed by atoms with van der Waals surface area (Å²) in [6, 6.07) is 1.35. The van der Waals surface area contributed by atoms with Gasteiger partial charge >= 0.3 is 5.97 Å². The number of nitrogens with one attached hydrogen (secondary N) is 1. The lowest BCUT2D eigenvalue weighted by atomic mass is 10.3. The minimum Gasteiger partial charge on any atom is -0.480 e. The number of carboxylic acids is 1. The van der Waals surface area contributed by atoms with Crippen LogP contribution in [0.3, 0.4) is 0 Å². The van der Waals surface area contributed by atoms with Crippen LogP contribution >= 0.6 is 0 Å². The van der Waals surface area contributed by atoms with E-state index >= 15 is 0 Å². The first-order valence-electron chi connectivity index (χ1n) is 5.59. The van der Waals surface area contributed by atoms with Crippen molar-refractivity contribution in [2.45, 2.75) is 19.8 Å². The Balaban J connectivity index is 2.22. The number of nitrogens with zero attached hydrogens (tertiary/aromatic N) is 2. The number of aliphatic carboxylic acids is 1. The molecule has 0 saturated heterocycles. The Morgan fingerprint density at radius 3 is 2.88 bits per heavy atom. The summed E-state index contributed by atoms with van der Waals surface area (Å²) >= 11 is 0. The van der Waals surface area contributed by atoms with Crippen molar-refractivity contribution in [3.8, 4) is 0 Å². The van der Waals surface area contributed by atoms with Crippen LogP contribution in [0.15, 0.2) is 10.9 Å². The van der Waals surface area contributed by atoms with Gasteiger partial charge in [0.05, 0.1) is 0 Å². The van der Waals surface area contributed by atoms with Gasteiger partial charge in [0.25, 0.3) is 5.56 Å². The maximum absolute atomic E-state index is 11.3. The summed E-state index contributed by atoms with van der Waals surface area (Å²) in [7, 11) is 0. The molecule has 1 saturated carbocycles. The normalized spacial score (nSPS) is 14.6. The third-order valence-corrected chi connectivity index (χ3v) is 2.67. The van der Waals surface area contributed by atoms with Crippen LogP contribution < -0.4 is 10.5 Å². The van der Waals surface area contributed by atoms with Crippen molar-refractivity contribution in [1.29, 1.82) is 0 Å². The number of aromatic nitrogens is 2. The highest BCUT2D eigenvalue weighted by Crippen LogP contribution is 2.30. The molecule has 6 heteroatoms. The summed E-state index contributed by atoms with van der Waals surface area (Å²) < 4.78 is 0. The van der Waals surface area contributed by atoms with Crippen LogP contribution in [-0.4, -0.2) is 34.1 Å². The topological polar surface area (TPSA) is 86.3 Å². The van der Waals surface area contributed by atoms with Crippen LogP contribution in [0.2, 0.25) is 0 Å². The molecule has 0 radical (unpaired) electrons. The Morgan fingerprint density at radius 1 is 1.65 bits per heavy atom. The van der Waals surface area contributed by atoms with Crippen LogP contribution in [0, 0.1) is 12.8 Å². The van der Waals surface area contributed by atoms with E-state index < -0.39 is 5.97 Å². The zero-order valence-electron chi connectivity index (χ0n) is 9.64. The lowest BCUT2D eigenvalue weighted by Gasteiger charge is -2.21. The Labute approximate surface area is 98.3 Å². The number of rotatable bonds is 5. The second-order valence-corrected chi connectivity index (χ2v) is 4.41. The van der Waals surface area contributed by atoms with Gasteiger partial charge in [-0.15, -0.1) is 0 Å². The first-order chi connectivity index (χ1) is 8.04. The molecular formula is C11H15N3O3. The summed E-state index contributed by atoms with van der Waals surface area (Å²) in [6.45, 7) is 2.22. The molecule has 2 rings (SSSR count). The van der Waals surface area contributed by atoms with E-state index in [4.69, 9.17) is 5.11 Å². The maximum Gasteiger partial charge on any atom is 0.323 e. The van der Waals surface area contributed by atoms with Crippen molar-refractivity contribution >= 4 is 11.8 Å². The average Bonchev–Trinajstić information content (AvgIpc) is 2.98. The molecule has 1 heterocycles. The SMILES string of the molecule is Cc1nc(N(CC(=O)O)CC2CC2)cc(=O)[nH]1. The number of hydrogen-bond acceptors (Lipinski definition) is 4. The lowest BCUT2D eigenvalue weighted by Crippen LogP contribution is -2.33. The zero-order chi connectivity index (χ0) is 12.4. The number of aryl methyl sites for hydroxylation is 1. The van der Waals surface area contributed by atoms with Crippen LogP contribution in [0.4, 0.5) is 5.82 Å². The second kappa shape index (κ2) is 4.57. The van der Waals surface area contributed by atoms with Gasteiger partial charge in [-0.1, -0.05) is 0 Å². The summed E-state index contributed by atoms with van der Waals surface area (Å²) in [5, 5.41) is 8.86. The average molecular weight is 237 g/mol. The molecule has 0 amide bonds. The second-order valence-electron chi connectivity index (χ2n) is 4.41. The molecule has 1 aliphatic rings. The summed E-state index contributed by atoms with van der Waals surface area (Å²) in [5.74, 6) is 0.570. The largest absolute Gasteiger partial charge is 0.480 e. The van der Waals surface area contributed by atoms with Crippen molar-refractivity contribution in [1.82, 2.24) is 9.97 Å². The van der Waals surface area contributed by atoms with Crippen molar-refractivity contribution in [3.63, 3.8) is 0 Å². The molecule has 0 bridgehead atoms. The first kappa shape index (κ1) is 11.6. The lowest BCUT2D eigenvalue weighted by molar-refractivity contribution is -0.135. The number of carboxylic acid groups (broad SMARTS) is 1. The Morgan fingerprint density at radius 2 is 2.35 bits per heavy atom. The van der Waals surface area contributed by atoms with Gasteiger partial charge in [-0.05, 0) is 25.7 Å². The van der Waals surface area contributed by atoms with Gasteiger partial charge in [-0.3, -0.25) is 9.59 Å². The van der Waals surface area contributed by atoms with E-state index in [-0.39, 0.29) is 12.1 Å². The molecule has 0 spiro atoms. The van der Waals surface area contributed by atoms with E-state index in [9.17, 15) is 9.59 Å². The summed E-state index contributed by atoms with van der Waals surface area (Å²) in [6.07, 6.45) is 2.25. The van der Waals surface area contributed by atoms with E-state index in [1.165, 1.54) is 6.07 Å². The highest BCUT2D eigenvalue weighted by molar-refractivity contribution is 5.73. The predicted octanol–water partition coefficient (Wildman–Crippen LogP) is 0.379. The smallest absolute Gasteiger partial charge is 0.323 e. The zero-order valence-corrected chi connectivity index (χ0v) is 9.64. The van der Waals surface area contributed by atoms with Gasteiger partial charge in [0, 0.05) is 12.6 Å². The molecule has 0 atom stereocenters. The molecule has 0 aromatic carbocycles. The van der Waals surface area contributed by atoms with E-state index in [0.29, 0.717) is 24.1 Å². The van der Waals surface area contributed by atoms with Crippen LogP contribution in [0.5, 0.6) is 0 Å². The molecule has 0 aliphatic heterocycles. The van der Waals surface area contributed by atoms with E-state index in [0.717, 1.165) is 12.8 Å². The molecule has 1 fully saturated rings. The van der Waals surface area contributed by atoms with Crippen molar-refractivity contribution in [2.75, 3.05) is 18.0 Å². The van der Waals surface area contributed by atoms with Crippen molar-refractivity contribution < 1.29 is 9.90 Å². The Hall–Kier alpha value is -1.85. The fourth-order valence-electron chi connectivity index (χ4n) is 1.74. The molecule has 1 aliphatic carbocycles. The fourth-order valence-corrected chi connectivity index (χ4v) is 1.74. The van der Waals surface area contributed by atoms with Gasteiger partial charge in [0.15, 0.2) is 0 Å². The van der Waals surface area contributed by atoms with Gasteiger partial charge in [0.1, 0.15) is 18.2 Å². The summed E-state index contributed by atoms with van der Waals surface area (Å²) in [5.41, 5.74) is -0.251. The molecule has 1 aromatic heterocycles. The van der Waals surface area contributed by atoms with Crippen LogP contribution in [-0.2, 0) is 4.79 Å². The Kier molecular flexibility index (Phi) is 3.12. The number of hydrogen-bond donors (Lipinski definition) is 2. The number of H-pyrrole nitrogens is 1. The quantitative estimate of drug-likeness (QED) is 0.773. The van der Waals surface area contributed by atoms with Crippen LogP contribution in [0.25, 0.3) is 0 Å². The van der Waals surface area contributed by atoms with Gasteiger partial charge in [0.2, 0.25) is 0 Å². The monoisotopic (exact) mass is 237 g/mol. The number of carbonyl (C=O) groups is 1. The van der Waals surface area contributed by atoms with E-state index in [2.05, 4.69) is 9.97 Å². The van der Waals surface area contributed by atoms with Crippen LogP contribution in [0.1, 0.15) is 18.7 Å². The standard InChI is InChI=1S/C11H15N3O3/c1-7-12-9(4-10(15)13-7)14(6-11(16)17)5-8-2-3-8/h4,8H,2-3,5-6H2,1H3,(H,16,17)(H,12,13,15). The highest BCUT2D eigenvalue weighted by Gasteiger charge is 2.26. The molecule has 1 aromatic rings. The first-order valence-corrected chi connectivity index (χ1v) is 5.59. The molecule has 6 nitrogen and oxygen atoms in total.